The van der Waals surface area contributed by atoms with Gasteiger partial charge in [0.15, 0.2) is 6.10 Å². The molecule has 0 spiro atoms. The van der Waals surface area contributed by atoms with E-state index in [1.807, 2.05) is 30.3 Å². The summed E-state index contributed by atoms with van der Waals surface area (Å²) in [6.45, 7) is 3.24. The predicted octanol–water partition coefficient (Wildman–Crippen LogP) is 6.66. The van der Waals surface area contributed by atoms with Crippen molar-refractivity contribution in [1.82, 2.24) is 4.90 Å². The summed E-state index contributed by atoms with van der Waals surface area (Å²) in [6, 6.07) is 10.4. The zero-order valence-corrected chi connectivity index (χ0v) is 23.8. The smallest absolute Gasteiger partial charge is 0.417 e. The van der Waals surface area contributed by atoms with Crippen LogP contribution in [0.3, 0.4) is 0 Å². The molecule has 0 saturated carbocycles. The molecule has 208 valence electrons. The number of hydrogen-bond acceptors (Lipinski definition) is 7. The van der Waals surface area contributed by atoms with Crippen LogP contribution in [0.2, 0.25) is 0 Å². The van der Waals surface area contributed by atoms with E-state index in [9.17, 15) is 14.4 Å². The Morgan fingerprint density at radius 3 is 2.34 bits per heavy atom. The van der Waals surface area contributed by atoms with Crippen LogP contribution in [-0.4, -0.2) is 41.2 Å². The number of halogens is 1. The van der Waals surface area contributed by atoms with Crippen LogP contribution in [0.15, 0.2) is 45.3 Å². The van der Waals surface area contributed by atoms with Crippen LogP contribution >= 0.6 is 15.9 Å². The number of aryl methyl sites for hydroxylation is 1. The number of imide groups is 1. The highest BCUT2D eigenvalue weighted by molar-refractivity contribution is 9.10. The molecule has 0 aliphatic carbocycles. The molecular weight excluding hydrogens is 554 g/mol. The summed E-state index contributed by atoms with van der Waals surface area (Å²) in [7, 11) is 0. The third-order valence-electron chi connectivity index (χ3n) is 6.80. The molecule has 3 rings (SSSR count). The first-order valence-corrected chi connectivity index (χ1v) is 14.2. The van der Waals surface area contributed by atoms with Crippen LogP contribution < -0.4 is 0 Å². The average molecular weight is 593 g/mol. The largest absolute Gasteiger partial charge is 0.461 e. The number of ether oxygens (including phenoxy) is 2. The molecule has 0 unspecified atom stereocenters. The molecule has 9 heteroatoms. The second-order valence-electron chi connectivity index (χ2n) is 9.75. The summed E-state index contributed by atoms with van der Waals surface area (Å²) in [5, 5.41) is 8.84. The molecular formula is C29H38BrNO7. The lowest BCUT2D eigenvalue weighted by Crippen LogP contribution is -2.40. The molecule has 2 heterocycles. The molecule has 38 heavy (non-hydrogen) atoms. The average Bonchev–Trinajstić information content (AvgIpc) is 3.47. The Morgan fingerprint density at radius 1 is 1.08 bits per heavy atom. The summed E-state index contributed by atoms with van der Waals surface area (Å²) in [5.41, 5.74) is 0.788. The minimum absolute atomic E-state index is 0.0681. The lowest BCUT2D eigenvalue weighted by molar-refractivity contribution is -0.154. The van der Waals surface area contributed by atoms with E-state index in [0.29, 0.717) is 5.76 Å². The molecule has 1 N–H and O–H groups in total. The predicted molar refractivity (Wildman–Crippen MR) is 145 cm³/mol. The molecule has 1 aromatic heterocycles. The zero-order chi connectivity index (χ0) is 27.5. The van der Waals surface area contributed by atoms with Gasteiger partial charge < -0.3 is 19.0 Å². The summed E-state index contributed by atoms with van der Waals surface area (Å²) in [5.74, 6) is -0.836. The van der Waals surface area contributed by atoms with Gasteiger partial charge in [-0.05, 0) is 47.3 Å². The van der Waals surface area contributed by atoms with Gasteiger partial charge in [0.1, 0.15) is 24.2 Å². The molecule has 1 aromatic carbocycles. The van der Waals surface area contributed by atoms with Crippen molar-refractivity contribution in [1.29, 1.82) is 0 Å². The van der Waals surface area contributed by atoms with E-state index in [1.54, 1.807) is 13.0 Å². The molecule has 1 aliphatic rings. The van der Waals surface area contributed by atoms with Crippen LogP contribution in [0.25, 0.3) is 0 Å². The maximum atomic E-state index is 13.6. The van der Waals surface area contributed by atoms with Gasteiger partial charge in [0.05, 0.1) is 10.4 Å². The summed E-state index contributed by atoms with van der Waals surface area (Å²) < 4.78 is 17.6. The molecule has 0 bridgehead atoms. The number of carbonyl (C=O) groups excluding carboxylic acids is 3. The number of carbonyl (C=O) groups is 3. The van der Waals surface area contributed by atoms with Crippen molar-refractivity contribution in [3.8, 4) is 0 Å². The van der Waals surface area contributed by atoms with Gasteiger partial charge in [0.2, 0.25) is 5.91 Å². The third-order valence-corrected chi connectivity index (χ3v) is 7.47. The molecule has 1 fully saturated rings. The van der Waals surface area contributed by atoms with Crippen molar-refractivity contribution in [3.05, 3.63) is 58.0 Å². The second-order valence-corrected chi connectivity index (χ2v) is 10.6. The number of rotatable bonds is 15. The van der Waals surface area contributed by atoms with Gasteiger partial charge in [-0.3, -0.25) is 9.59 Å². The zero-order valence-electron chi connectivity index (χ0n) is 22.2. The molecule has 3 atom stereocenters. The van der Waals surface area contributed by atoms with E-state index in [1.165, 1.54) is 19.8 Å². The van der Waals surface area contributed by atoms with Gasteiger partial charge in [-0.1, -0.05) is 68.9 Å². The van der Waals surface area contributed by atoms with Crippen LogP contribution in [-0.2, 0) is 25.5 Å². The Labute approximate surface area is 232 Å². The minimum atomic E-state index is -0.992. The van der Waals surface area contributed by atoms with E-state index in [4.69, 9.17) is 19.0 Å². The third kappa shape index (κ3) is 8.17. The van der Waals surface area contributed by atoms with Gasteiger partial charge in [-0.2, -0.15) is 0 Å². The lowest BCUT2D eigenvalue weighted by atomic mass is 9.98. The highest BCUT2D eigenvalue weighted by atomic mass is 79.9. The molecule has 1 saturated heterocycles. The maximum absolute atomic E-state index is 13.6. The Kier molecular flexibility index (Phi) is 11.9. The van der Waals surface area contributed by atoms with Crippen molar-refractivity contribution in [3.63, 3.8) is 0 Å². The summed E-state index contributed by atoms with van der Waals surface area (Å²) in [4.78, 5) is 39.2. The van der Waals surface area contributed by atoms with E-state index in [2.05, 4.69) is 15.9 Å². The monoisotopic (exact) mass is 591 g/mol. The first-order chi connectivity index (χ1) is 18.3. The van der Waals surface area contributed by atoms with E-state index < -0.39 is 36.0 Å². The van der Waals surface area contributed by atoms with Gasteiger partial charge in [0, 0.05) is 20.0 Å². The second kappa shape index (κ2) is 15.1. The van der Waals surface area contributed by atoms with Crippen LogP contribution in [0.4, 0.5) is 4.79 Å². The Hall–Kier alpha value is -2.65. The molecule has 2 amide bonds. The summed E-state index contributed by atoms with van der Waals surface area (Å²) >= 11 is 3.55. The normalized spacial score (nSPS) is 16.8. The van der Waals surface area contributed by atoms with Crippen molar-refractivity contribution < 1.29 is 33.4 Å². The number of amides is 2. The fraction of sp³-hybridized carbons (Fsp3) is 0.552. The fourth-order valence-electron chi connectivity index (χ4n) is 4.71. The maximum Gasteiger partial charge on any atom is 0.417 e. The van der Waals surface area contributed by atoms with Gasteiger partial charge in [0.25, 0.3) is 0 Å². The first kappa shape index (κ1) is 29.9. The van der Waals surface area contributed by atoms with Crippen molar-refractivity contribution >= 4 is 33.9 Å². The summed E-state index contributed by atoms with van der Waals surface area (Å²) in [6.07, 6.45) is 7.64. The number of esters is 1. The number of aliphatic hydroxyl groups is 1. The van der Waals surface area contributed by atoms with Crippen molar-refractivity contribution in [2.45, 2.75) is 83.8 Å². The number of cyclic esters (lactones) is 1. The number of hydrogen-bond donors (Lipinski definition) is 1. The number of unbranched alkanes of at least 4 members (excludes halogenated alkanes) is 7. The topological polar surface area (TPSA) is 106 Å². The van der Waals surface area contributed by atoms with Gasteiger partial charge in [-0.25, -0.2) is 9.69 Å². The fourth-order valence-corrected chi connectivity index (χ4v) is 5.22. The Bertz CT molecular complexity index is 1050. The molecule has 1 aliphatic heterocycles. The SMILES string of the molecule is CC(=O)O[C@H](c1cc(Br)c(CCCCCCCCCCO)o1)[C@H](C)C(=O)N1C(=O)OC[C@@H]1c1ccccc1. The highest BCUT2D eigenvalue weighted by Crippen LogP contribution is 2.37. The first-order valence-electron chi connectivity index (χ1n) is 13.4. The van der Waals surface area contributed by atoms with Crippen molar-refractivity contribution in [2.75, 3.05) is 13.2 Å². The number of aliphatic hydroxyl groups excluding tert-OH is 1. The highest BCUT2D eigenvalue weighted by Gasteiger charge is 2.44. The number of furan rings is 1. The van der Waals surface area contributed by atoms with Crippen LogP contribution in [0, 0.1) is 5.92 Å². The quantitative estimate of drug-likeness (QED) is 0.182. The van der Waals surface area contributed by atoms with Crippen molar-refractivity contribution in [2.24, 2.45) is 5.92 Å². The van der Waals surface area contributed by atoms with E-state index >= 15 is 0 Å². The molecule has 8 nitrogen and oxygen atoms in total. The van der Waals surface area contributed by atoms with Crippen LogP contribution in [0.1, 0.15) is 94.4 Å². The Balaban J connectivity index is 1.64. The van der Waals surface area contributed by atoms with E-state index in [0.717, 1.165) is 65.6 Å². The Morgan fingerprint density at radius 2 is 1.71 bits per heavy atom. The van der Waals surface area contributed by atoms with E-state index in [-0.39, 0.29) is 13.2 Å². The standard InChI is InChI=1S/C29H38BrNO7/c1-20(28(34)31-24(19-36-29(31)35)22-14-10-9-11-15-22)27(37-21(2)33)26-18-23(30)25(38-26)16-12-7-5-3-4-6-8-13-17-32/h9-11,14-15,18,20,24,27,32H,3-8,12-13,16-17,19H2,1-2H3/t20-,24+,27-/m0/s1. The number of benzene rings is 1. The molecule has 0 radical (unpaired) electrons. The molecule has 2 aromatic rings. The van der Waals surface area contributed by atoms with Gasteiger partial charge >= 0.3 is 12.1 Å². The van der Waals surface area contributed by atoms with Gasteiger partial charge in [-0.15, -0.1) is 0 Å². The lowest BCUT2D eigenvalue weighted by Gasteiger charge is -2.27. The van der Waals surface area contributed by atoms with Crippen LogP contribution in [0.5, 0.6) is 0 Å². The number of nitrogens with zero attached hydrogens (tertiary/aromatic N) is 1. The minimum Gasteiger partial charge on any atom is -0.461 e.